The van der Waals surface area contributed by atoms with E-state index in [-0.39, 0.29) is 50.4 Å². The van der Waals surface area contributed by atoms with E-state index in [0.717, 1.165) is 0 Å². The van der Waals surface area contributed by atoms with Crippen LogP contribution in [0.25, 0.3) is 0 Å². The molecule has 4 atom stereocenters. The number of nitrogens with two attached hydrogens (primary N) is 5. The summed E-state index contributed by atoms with van der Waals surface area (Å²) in [4.78, 5) is 76.7. The molecule has 0 spiro atoms. The maximum absolute atomic E-state index is 13.3. The van der Waals surface area contributed by atoms with Crippen LogP contribution < -0.4 is 44.6 Å². The first-order valence-electron chi connectivity index (χ1n) is 12.5. The van der Waals surface area contributed by atoms with Crippen molar-refractivity contribution in [2.75, 3.05) is 6.54 Å². The molecule has 1 rings (SSSR count). The number of hydrogen-bond acceptors (Lipinski definition) is 9. The third-order valence-corrected chi connectivity index (χ3v) is 5.64. The molecule has 0 saturated carbocycles. The monoisotopic (exact) mass is 579 g/mol. The average Bonchev–Trinajstić information content (AvgIpc) is 2.87. The predicted octanol–water partition coefficient (Wildman–Crippen LogP) is -4.00. The van der Waals surface area contributed by atoms with Crippen LogP contribution in [0.5, 0.6) is 5.75 Å². The topological polar surface area (TPSA) is 321 Å². The molecule has 226 valence electrons. The molecule has 0 fully saturated rings. The van der Waals surface area contributed by atoms with Crippen LogP contribution in [0.4, 0.5) is 0 Å². The number of guanidine groups is 1. The number of phenolic OH excluding ortho intramolecular Hbond substituents is 1. The lowest BCUT2D eigenvalue weighted by atomic mass is 10.0. The van der Waals surface area contributed by atoms with Crippen molar-refractivity contribution in [1.29, 1.82) is 0 Å². The van der Waals surface area contributed by atoms with Gasteiger partial charge < -0.3 is 54.8 Å². The van der Waals surface area contributed by atoms with Gasteiger partial charge >= 0.3 is 5.97 Å². The third-order valence-electron chi connectivity index (χ3n) is 5.64. The number of carboxylic acids is 1. The second-order valence-corrected chi connectivity index (χ2v) is 9.12. The first-order valence-corrected chi connectivity index (χ1v) is 12.5. The Morgan fingerprint density at radius 2 is 1.34 bits per heavy atom. The minimum Gasteiger partial charge on any atom is -0.508 e. The number of rotatable bonds is 18. The molecule has 0 aromatic heterocycles. The maximum atomic E-state index is 13.3. The highest BCUT2D eigenvalue weighted by Crippen LogP contribution is 2.12. The van der Waals surface area contributed by atoms with E-state index in [4.69, 9.17) is 28.7 Å². The number of hydrogen-bond donors (Lipinski definition) is 10. The highest BCUT2D eigenvalue weighted by molar-refractivity contribution is 5.95. The molecule has 0 heterocycles. The van der Waals surface area contributed by atoms with Crippen molar-refractivity contribution < 1.29 is 39.0 Å². The molecule has 0 aliphatic heterocycles. The van der Waals surface area contributed by atoms with Crippen LogP contribution in [-0.2, 0) is 35.2 Å². The van der Waals surface area contributed by atoms with Gasteiger partial charge in [-0.3, -0.25) is 29.0 Å². The summed E-state index contributed by atoms with van der Waals surface area (Å²) in [5, 5.41) is 26.2. The van der Waals surface area contributed by atoms with E-state index in [1.165, 1.54) is 24.3 Å². The lowest BCUT2D eigenvalue weighted by Gasteiger charge is -2.25. The van der Waals surface area contributed by atoms with Gasteiger partial charge in [-0.15, -0.1) is 0 Å². The fourth-order valence-corrected chi connectivity index (χ4v) is 3.53. The lowest BCUT2D eigenvalue weighted by Crippen LogP contribution is -2.57. The highest BCUT2D eigenvalue weighted by atomic mass is 16.4. The minimum atomic E-state index is -1.49. The van der Waals surface area contributed by atoms with Crippen molar-refractivity contribution in [2.45, 2.75) is 62.7 Å². The third kappa shape index (κ3) is 13.6. The van der Waals surface area contributed by atoms with Gasteiger partial charge in [-0.05, 0) is 37.0 Å². The molecule has 0 bridgehead atoms. The van der Waals surface area contributed by atoms with Gasteiger partial charge in [-0.1, -0.05) is 12.1 Å². The van der Waals surface area contributed by atoms with Gasteiger partial charge in [0.25, 0.3) is 0 Å². The number of amides is 5. The molecule has 17 heteroatoms. The number of carboxylic acid groups (broad SMARTS) is 1. The summed E-state index contributed by atoms with van der Waals surface area (Å²) in [5.74, 6) is -5.87. The van der Waals surface area contributed by atoms with E-state index in [1.807, 2.05) is 0 Å². The summed E-state index contributed by atoms with van der Waals surface area (Å²) < 4.78 is 0. The smallest absolute Gasteiger partial charge is 0.326 e. The van der Waals surface area contributed by atoms with Crippen molar-refractivity contribution >= 4 is 41.5 Å². The summed E-state index contributed by atoms with van der Waals surface area (Å²) in [7, 11) is 0. The van der Waals surface area contributed by atoms with Crippen molar-refractivity contribution in [1.82, 2.24) is 16.0 Å². The fourth-order valence-electron chi connectivity index (χ4n) is 3.53. The van der Waals surface area contributed by atoms with Gasteiger partial charge in [0, 0.05) is 19.4 Å². The van der Waals surface area contributed by atoms with E-state index >= 15 is 0 Å². The predicted molar refractivity (Wildman–Crippen MR) is 145 cm³/mol. The van der Waals surface area contributed by atoms with Crippen LogP contribution in [0.2, 0.25) is 0 Å². The number of aliphatic carboxylic acids is 1. The molecular formula is C24H37N9O8. The van der Waals surface area contributed by atoms with Crippen LogP contribution in [0.15, 0.2) is 29.3 Å². The van der Waals surface area contributed by atoms with Gasteiger partial charge in [0.2, 0.25) is 29.5 Å². The van der Waals surface area contributed by atoms with E-state index < -0.39 is 66.1 Å². The normalized spacial score (nSPS) is 13.5. The van der Waals surface area contributed by atoms with Crippen molar-refractivity contribution in [3.8, 4) is 5.75 Å². The van der Waals surface area contributed by atoms with Crippen molar-refractivity contribution in [3.05, 3.63) is 29.8 Å². The zero-order valence-corrected chi connectivity index (χ0v) is 22.2. The van der Waals surface area contributed by atoms with Gasteiger partial charge in [0.05, 0.1) is 12.5 Å². The first-order chi connectivity index (χ1) is 19.2. The summed E-state index contributed by atoms with van der Waals surface area (Å²) in [6.45, 7) is 0.104. The number of aliphatic imine (C=N–C) groups is 1. The standard InChI is InChI=1S/C24H37N9O8/c25-14(11-19(27)36)20(37)31-15(2-1-9-30-24(28)29)21(38)33-17(10-12-3-5-13(34)6-4-12)22(39)32-16(23(40)41)7-8-18(26)35/h3-6,14-17,34H,1-2,7-11,25H2,(H2,26,35)(H2,27,36)(H,31,37)(H,32,39)(H,33,38)(H,40,41)(H4,28,29,30). The molecule has 41 heavy (non-hydrogen) atoms. The quantitative estimate of drug-likeness (QED) is 0.0453. The van der Waals surface area contributed by atoms with E-state index in [2.05, 4.69) is 20.9 Å². The summed E-state index contributed by atoms with van der Waals surface area (Å²) >= 11 is 0. The van der Waals surface area contributed by atoms with Crippen LogP contribution >= 0.6 is 0 Å². The Bertz CT molecular complexity index is 1120. The Kier molecular flexibility index (Phi) is 14.1. The SMILES string of the molecule is NC(=O)CCC(NC(=O)C(Cc1ccc(O)cc1)NC(=O)C(CCCN=C(N)N)NC(=O)C(N)CC(N)=O)C(=O)O. The van der Waals surface area contributed by atoms with Gasteiger partial charge in [-0.25, -0.2) is 4.79 Å². The largest absolute Gasteiger partial charge is 0.508 e. The molecule has 0 aliphatic carbocycles. The van der Waals surface area contributed by atoms with Crippen LogP contribution in [0.3, 0.4) is 0 Å². The van der Waals surface area contributed by atoms with Crippen LogP contribution in [0, 0.1) is 0 Å². The molecule has 1 aromatic rings. The van der Waals surface area contributed by atoms with Crippen LogP contribution in [0.1, 0.15) is 37.7 Å². The zero-order chi connectivity index (χ0) is 31.1. The van der Waals surface area contributed by atoms with Gasteiger partial charge in [0.1, 0.15) is 23.9 Å². The number of carbonyl (C=O) groups excluding carboxylic acids is 5. The molecule has 0 aliphatic rings. The van der Waals surface area contributed by atoms with E-state index in [9.17, 15) is 39.0 Å². The number of nitrogens with one attached hydrogen (secondary N) is 3. The number of nitrogens with zero attached hydrogens (tertiary/aromatic N) is 1. The molecular weight excluding hydrogens is 542 g/mol. The lowest BCUT2D eigenvalue weighted by molar-refractivity contribution is -0.142. The summed E-state index contributed by atoms with van der Waals surface area (Å²) in [6.07, 6.45) is -1.04. The molecule has 17 nitrogen and oxygen atoms in total. The highest BCUT2D eigenvalue weighted by Gasteiger charge is 2.30. The van der Waals surface area contributed by atoms with E-state index in [0.29, 0.717) is 5.56 Å². The number of benzene rings is 1. The minimum absolute atomic E-state index is 0.0123. The number of phenols is 1. The number of carbonyl (C=O) groups is 6. The molecule has 15 N–H and O–H groups in total. The van der Waals surface area contributed by atoms with E-state index in [1.54, 1.807) is 0 Å². The second-order valence-electron chi connectivity index (χ2n) is 9.12. The molecule has 0 radical (unpaired) electrons. The number of primary amides is 2. The zero-order valence-electron chi connectivity index (χ0n) is 22.2. The average molecular weight is 580 g/mol. The van der Waals surface area contributed by atoms with Gasteiger partial charge in [-0.2, -0.15) is 0 Å². The molecule has 0 saturated heterocycles. The van der Waals surface area contributed by atoms with Crippen molar-refractivity contribution in [2.24, 2.45) is 33.7 Å². The second kappa shape index (κ2) is 16.9. The Labute approximate surface area is 235 Å². The number of aromatic hydroxyl groups is 1. The maximum Gasteiger partial charge on any atom is 0.326 e. The Morgan fingerprint density at radius 3 is 1.88 bits per heavy atom. The van der Waals surface area contributed by atoms with Crippen LogP contribution in [-0.4, -0.2) is 82.4 Å². The molecule has 5 amide bonds. The molecule has 4 unspecified atom stereocenters. The fraction of sp³-hybridized carbons (Fsp3) is 0.458. The van der Waals surface area contributed by atoms with Gasteiger partial charge in [0.15, 0.2) is 5.96 Å². The first kappa shape index (κ1) is 34.1. The molecule has 1 aromatic carbocycles. The van der Waals surface area contributed by atoms with Crippen molar-refractivity contribution in [3.63, 3.8) is 0 Å². The Morgan fingerprint density at radius 1 is 0.780 bits per heavy atom. The summed E-state index contributed by atoms with van der Waals surface area (Å²) in [6, 6.07) is 0.212. The Hall–Kier alpha value is -4.93. The Balaban J connectivity index is 3.21. The summed E-state index contributed by atoms with van der Waals surface area (Å²) in [5.41, 5.74) is 27.0.